The standard InChI is InChI=1S/C17H24N4O3S/c1-6-8-20(7-2)17(22)21-11-18-16(19-21)25(23,24)15-13(4)9-12(3)10-14(15)5/h9-11H,6-8H2,1-5H3. The van der Waals surface area contributed by atoms with Crippen LogP contribution in [0.15, 0.2) is 28.5 Å². The van der Waals surface area contributed by atoms with E-state index in [1.165, 1.54) is 0 Å². The molecule has 2 rings (SSSR count). The van der Waals surface area contributed by atoms with Crippen molar-refractivity contribution in [1.82, 2.24) is 19.7 Å². The normalized spacial score (nSPS) is 11.6. The topological polar surface area (TPSA) is 85.2 Å². The number of nitrogens with zero attached hydrogens (tertiary/aromatic N) is 4. The third kappa shape index (κ3) is 3.73. The maximum absolute atomic E-state index is 12.9. The Morgan fingerprint density at radius 1 is 1.16 bits per heavy atom. The van der Waals surface area contributed by atoms with E-state index in [2.05, 4.69) is 10.1 Å². The second-order valence-corrected chi connectivity index (χ2v) is 7.85. The van der Waals surface area contributed by atoms with Gasteiger partial charge in [0, 0.05) is 13.1 Å². The van der Waals surface area contributed by atoms with Crippen molar-refractivity contribution in [2.45, 2.75) is 51.1 Å². The highest BCUT2D eigenvalue weighted by Crippen LogP contribution is 2.26. The summed E-state index contributed by atoms with van der Waals surface area (Å²) in [6.07, 6.45) is 1.97. The summed E-state index contributed by atoms with van der Waals surface area (Å²) >= 11 is 0. The Hall–Kier alpha value is -2.22. The zero-order chi connectivity index (χ0) is 18.8. The zero-order valence-corrected chi connectivity index (χ0v) is 16.1. The van der Waals surface area contributed by atoms with Gasteiger partial charge in [-0.15, -0.1) is 5.10 Å². The highest BCUT2D eigenvalue weighted by Gasteiger charge is 2.28. The molecule has 0 bridgehead atoms. The first-order valence-corrected chi connectivity index (χ1v) is 9.74. The van der Waals surface area contributed by atoms with Gasteiger partial charge in [0.15, 0.2) is 0 Å². The number of carbonyl (C=O) groups is 1. The van der Waals surface area contributed by atoms with Gasteiger partial charge in [-0.05, 0) is 45.2 Å². The molecule has 1 amide bonds. The summed E-state index contributed by atoms with van der Waals surface area (Å²) in [4.78, 5) is 18.1. The van der Waals surface area contributed by atoms with E-state index in [0.717, 1.165) is 23.0 Å². The van der Waals surface area contributed by atoms with E-state index in [1.807, 2.05) is 32.9 Å². The molecule has 0 fully saturated rings. The van der Waals surface area contributed by atoms with Crippen LogP contribution in [0.4, 0.5) is 4.79 Å². The van der Waals surface area contributed by atoms with Crippen molar-refractivity contribution in [1.29, 1.82) is 0 Å². The summed E-state index contributed by atoms with van der Waals surface area (Å²) in [6.45, 7) is 10.3. The number of amides is 1. The van der Waals surface area contributed by atoms with Crippen LogP contribution < -0.4 is 0 Å². The Morgan fingerprint density at radius 2 is 1.76 bits per heavy atom. The lowest BCUT2D eigenvalue weighted by atomic mass is 10.1. The minimum Gasteiger partial charge on any atom is -0.323 e. The smallest absolute Gasteiger partial charge is 0.323 e. The van der Waals surface area contributed by atoms with Crippen LogP contribution in [-0.4, -0.2) is 47.2 Å². The molecular weight excluding hydrogens is 340 g/mol. The Balaban J connectivity index is 2.44. The second kappa shape index (κ2) is 7.35. The minimum atomic E-state index is -3.89. The molecule has 7 nitrogen and oxygen atoms in total. The number of aromatic nitrogens is 3. The Morgan fingerprint density at radius 3 is 2.28 bits per heavy atom. The van der Waals surface area contributed by atoms with Gasteiger partial charge < -0.3 is 4.90 Å². The van der Waals surface area contributed by atoms with Gasteiger partial charge in [-0.3, -0.25) is 0 Å². The molecule has 0 atom stereocenters. The Bertz CT molecular complexity index is 864. The number of carbonyl (C=O) groups excluding carboxylic acids is 1. The van der Waals surface area contributed by atoms with Gasteiger partial charge >= 0.3 is 6.03 Å². The number of aryl methyl sites for hydroxylation is 3. The van der Waals surface area contributed by atoms with Crippen molar-refractivity contribution in [2.24, 2.45) is 0 Å². The van der Waals surface area contributed by atoms with Gasteiger partial charge in [0.05, 0.1) is 4.90 Å². The fraction of sp³-hybridized carbons (Fsp3) is 0.471. The maximum Gasteiger partial charge on any atom is 0.346 e. The van der Waals surface area contributed by atoms with Crippen molar-refractivity contribution < 1.29 is 13.2 Å². The molecule has 0 spiro atoms. The van der Waals surface area contributed by atoms with Crippen LogP contribution in [0.1, 0.15) is 37.0 Å². The molecule has 0 saturated heterocycles. The van der Waals surface area contributed by atoms with Gasteiger partial charge in [-0.2, -0.15) is 4.68 Å². The minimum absolute atomic E-state index is 0.198. The van der Waals surface area contributed by atoms with Gasteiger partial charge in [-0.1, -0.05) is 24.6 Å². The molecule has 0 aliphatic rings. The van der Waals surface area contributed by atoms with Crippen LogP contribution in [-0.2, 0) is 9.84 Å². The first kappa shape index (κ1) is 19.1. The summed E-state index contributed by atoms with van der Waals surface area (Å²) in [5, 5.41) is 3.58. The van der Waals surface area contributed by atoms with E-state index < -0.39 is 9.84 Å². The number of benzene rings is 1. The lowest BCUT2D eigenvalue weighted by Gasteiger charge is -2.18. The van der Waals surface area contributed by atoms with Gasteiger partial charge in [0.2, 0.25) is 9.84 Å². The molecule has 0 unspecified atom stereocenters. The summed E-state index contributed by atoms with van der Waals surface area (Å²) in [7, 11) is -3.89. The fourth-order valence-corrected chi connectivity index (χ4v) is 4.48. The number of hydrogen-bond donors (Lipinski definition) is 0. The average molecular weight is 364 g/mol. The number of hydrogen-bond acceptors (Lipinski definition) is 5. The monoisotopic (exact) mass is 364 g/mol. The molecule has 0 radical (unpaired) electrons. The SMILES string of the molecule is CCCN(CC)C(=O)n1cnc(S(=O)(=O)c2c(C)cc(C)cc2C)n1. The van der Waals surface area contributed by atoms with E-state index in [1.54, 1.807) is 18.7 Å². The van der Waals surface area contributed by atoms with Gasteiger partial charge in [0.25, 0.3) is 5.16 Å². The largest absolute Gasteiger partial charge is 0.346 e. The average Bonchev–Trinajstić information content (AvgIpc) is 3.01. The van der Waals surface area contributed by atoms with Crippen molar-refractivity contribution in [3.8, 4) is 0 Å². The highest BCUT2D eigenvalue weighted by molar-refractivity contribution is 7.91. The third-order valence-electron chi connectivity index (χ3n) is 3.93. The highest BCUT2D eigenvalue weighted by atomic mass is 32.2. The van der Waals surface area contributed by atoms with Crippen LogP contribution >= 0.6 is 0 Å². The molecule has 1 aromatic carbocycles. The van der Waals surface area contributed by atoms with Gasteiger partial charge in [0.1, 0.15) is 6.33 Å². The zero-order valence-electron chi connectivity index (χ0n) is 15.3. The van der Waals surface area contributed by atoms with Crippen LogP contribution in [0.5, 0.6) is 0 Å². The molecular formula is C17H24N4O3S. The summed E-state index contributed by atoms with van der Waals surface area (Å²) in [5.41, 5.74) is 2.27. The molecule has 1 aromatic heterocycles. The van der Waals surface area contributed by atoms with E-state index >= 15 is 0 Å². The lowest BCUT2D eigenvalue weighted by Crippen LogP contribution is -2.35. The quantitative estimate of drug-likeness (QED) is 0.814. The van der Waals surface area contributed by atoms with Crippen LogP contribution in [0, 0.1) is 20.8 Å². The molecule has 0 saturated carbocycles. The molecule has 0 N–H and O–H groups in total. The molecule has 2 aromatic rings. The summed E-state index contributed by atoms with van der Waals surface area (Å²) < 4.78 is 26.8. The van der Waals surface area contributed by atoms with E-state index in [9.17, 15) is 13.2 Å². The summed E-state index contributed by atoms with van der Waals surface area (Å²) in [6, 6.07) is 3.24. The van der Waals surface area contributed by atoms with E-state index in [4.69, 9.17) is 0 Å². The molecule has 8 heteroatoms. The number of rotatable bonds is 5. The van der Waals surface area contributed by atoms with Crippen molar-refractivity contribution in [2.75, 3.05) is 13.1 Å². The first-order valence-electron chi connectivity index (χ1n) is 8.26. The molecule has 25 heavy (non-hydrogen) atoms. The van der Waals surface area contributed by atoms with Crippen LogP contribution in [0.3, 0.4) is 0 Å². The second-order valence-electron chi connectivity index (χ2n) is 6.07. The van der Waals surface area contributed by atoms with E-state index in [0.29, 0.717) is 24.2 Å². The summed E-state index contributed by atoms with van der Waals surface area (Å²) in [5.74, 6) is 0. The van der Waals surface area contributed by atoms with Crippen LogP contribution in [0.2, 0.25) is 0 Å². The number of sulfone groups is 1. The van der Waals surface area contributed by atoms with E-state index in [-0.39, 0.29) is 16.1 Å². The molecule has 136 valence electrons. The van der Waals surface area contributed by atoms with Crippen molar-refractivity contribution in [3.05, 3.63) is 35.2 Å². The fourth-order valence-electron chi connectivity index (χ4n) is 2.95. The van der Waals surface area contributed by atoms with Gasteiger partial charge in [-0.25, -0.2) is 18.2 Å². The maximum atomic E-state index is 12.9. The van der Waals surface area contributed by atoms with Crippen molar-refractivity contribution in [3.63, 3.8) is 0 Å². The predicted octanol–water partition coefficient (Wildman–Crippen LogP) is 2.74. The van der Waals surface area contributed by atoms with Crippen LogP contribution in [0.25, 0.3) is 0 Å². The Kier molecular flexibility index (Phi) is 5.62. The third-order valence-corrected chi connectivity index (χ3v) is 5.78. The molecule has 0 aliphatic carbocycles. The van der Waals surface area contributed by atoms with Crippen molar-refractivity contribution >= 4 is 15.9 Å². The lowest BCUT2D eigenvalue weighted by molar-refractivity contribution is 0.198. The molecule has 1 heterocycles. The Labute approximate surface area is 148 Å². The predicted molar refractivity (Wildman–Crippen MR) is 94.5 cm³/mol. The first-order chi connectivity index (χ1) is 11.7. The molecule has 0 aliphatic heterocycles.